The van der Waals surface area contributed by atoms with Gasteiger partial charge in [0, 0.05) is 24.7 Å². The molecule has 3 N–H and O–H groups in total. The van der Waals surface area contributed by atoms with E-state index < -0.39 is 0 Å². The van der Waals surface area contributed by atoms with E-state index in [1.54, 1.807) is 0 Å². The molecule has 4 nitrogen and oxygen atoms in total. The minimum atomic E-state index is 0.262. The summed E-state index contributed by atoms with van der Waals surface area (Å²) in [5, 5.41) is 7.45. The molecule has 0 aliphatic heterocycles. The Morgan fingerprint density at radius 1 is 1.44 bits per heavy atom. The number of hydrogen-bond donors (Lipinski definition) is 2. The Labute approximate surface area is 110 Å². The molecular formula is C14H24N4. The van der Waals surface area contributed by atoms with E-state index in [2.05, 4.69) is 29.8 Å². The van der Waals surface area contributed by atoms with Crippen LogP contribution < -0.4 is 5.73 Å². The number of pyridine rings is 1. The summed E-state index contributed by atoms with van der Waals surface area (Å²) < 4.78 is 0. The lowest BCUT2D eigenvalue weighted by Gasteiger charge is -2.29. The van der Waals surface area contributed by atoms with E-state index in [4.69, 9.17) is 11.1 Å². The van der Waals surface area contributed by atoms with Crippen molar-refractivity contribution in [3.05, 3.63) is 29.6 Å². The zero-order valence-corrected chi connectivity index (χ0v) is 11.6. The van der Waals surface area contributed by atoms with Crippen LogP contribution in [0.4, 0.5) is 0 Å². The second-order valence-corrected chi connectivity index (χ2v) is 4.62. The number of nitrogens with one attached hydrogen (secondary N) is 1. The van der Waals surface area contributed by atoms with E-state index >= 15 is 0 Å². The molecule has 0 radical (unpaired) electrons. The van der Waals surface area contributed by atoms with E-state index in [0.717, 1.165) is 30.9 Å². The monoisotopic (exact) mass is 248 g/mol. The van der Waals surface area contributed by atoms with Gasteiger partial charge in [0.15, 0.2) is 0 Å². The van der Waals surface area contributed by atoms with Crippen LogP contribution in [-0.2, 0) is 6.54 Å². The molecule has 0 amide bonds. The van der Waals surface area contributed by atoms with E-state index in [1.807, 2.05) is 19.1 Å². The summed E-state index contributed by atoms with van der Waals surface area (Å²) in [6, 6.07) is 6.43. The van der Waals surface area contributed by atoms with Crippen molar-refractivity contribution in [3.8, 4) is 0 Å². The van der Waals surface area contributed by atoms with Crippen LogP contribution in [0.3, 0.4) is 0 Å². The predicted molar refractivity (Wildman–Crippen MR) is 75.7 cm³/mol. The summed E-state index contributed by atoms with van der Waals surface area (Å²) in [5.74, 6) is 0.262. The summed E-state index contributed by atoms with van der Waals surface area (Å²) in [5.41, 5.74) is 7.65. The largest absolute Gasteiger partial charge is 0.388 e. The molecule has 1 atom stereocenters. The van der Waals surface area contributed by atoms with E-state index in [1.165, 1.54) is 0 Å². The minimum absolute atomic E-state index is 0.262. The minimum Gasteiger partial charge on any atom is -0.388 e. The molecule has 0 saturated carbocycles. The van der Waals surface area contributed by atoms with Crippen LogP contribution >= 0.6 is 0 Å². The van der Waals surface area contributed by atoms with Crippen LogP contribution in [0.15, 0.2) is 18.2 Å². The van der Waals surface area contributed by atoms with Crippen molar-refractivity contribution in [2.75, 3.05) is 6.54 Å². The molecule has 1 aromatic heterocycles. The van der Waals surface area contributed by atoms with Gasteiger partial charge in [-0.2, -0.15) is 0 Å². The summed E-state index contributed by atoms with van der Waals surface area (Å²) >= 11 is 0. The first-order valence-electron chi connectivity index (χ1n) is 6.56. The van der Waals surface area contributed by atoms with Crippen molar-refractivity contribution in [1.82, 2.24) is 9.88 Å². The van der Waals surface area contributed by atoms with Gasteiger partial charge in [-0.15, -0.1) is 0 Å². The highest BCUT2D eigenvalue weighted by atomic mass is 15.2. The fourth-order valence-corrected chi connectivity index (χ4v) is 2.18. The highest BCUT2D eigenvalue weighted by molar-refractivity contribution is 5.77. The zero-order valence-electron chi connectivity index (χ0n) is 11.6. The van der Waals surface area contributed by atoms with Crippen molar-refractivity contribution in [1.29, 1.82) is 5.41 Å². The van der Waals surface area contributed by atoms with E-state index in [0.29, 0.717) is 12.5 Å². The average molecular weight is 248 g/mol. The number of amidine groups is 1. The maximum absolute atomic E-state index is 7.45. The van der Waals surface area contributed by atoms with Gasteiger partial charge in [-0.25, -0.2) is 0 Å². The number of aryl methyl sites for hydroxylation is 1. The molecule has 18 heavy (non-hydrogen) atoms. The molecule has 0 aliphatic rings. The molecule has 1 unspecified atom stereocenters. The molecule has 0 saturated heterocycles. The standard InChI is InChI=1S/C14H24N4/c1-4-13(9-14(15)16)18(5-2)10-12-8-6-7-11(3)17-12/h6-8,13H,4-5,9-10H2,1-3H3,(H3,15,16). The van der Waals surface area contributed by atoms with Gasteiger partial charge in [0.2, 0.25) is 0 Å². The van der Waals surface area contributed by atoms with Gasteiger partial charge in [0.05, 0.1) is 11.5 Å². The third-order valence-electron chi connectivity index (χ3n) is 3.16. The fourth-order valence-electron chi connectivity index (χ4n) is 2.18. The van der Waals surface area contributed by atoms with Crippen molar-refractivity contribution >= 4 is 5.84 Å². The molecule has 1 rings (SSSR count). The van der Waals surface area contributed by atoms with Gasteiger partial charge in [0.1, 0.15) is 0 Å². The zero-order chi connectivity index (χ0) is 13.5. The number of nitrogens with two attached hydrogens (primary N) is 1. The van der Waals surface area contributed by atoms with Gasteiger partial charge >= 0.3 is 0 Å². The molecular weight excluding hydrogens is 224 g/mol. The van der Waals surface area contributed by atoms with Crippen LogP contribution in [0, 0.1) is 12.3 Å². The maximum atomic E-state index is 7.45. The first-order valence-corrected chi connectivity index (χ1v) is 6.56. The van der Waals surface area contributed by atoms with Crippen LogP contribution in [-0.4, -0.2) is 28.3 Å². The molecule has 0 fully saturated rings. The molecule has 1 heterocycles. The lowest BCUT2D eigenvalue weighted by molar-refractivity contribution is 0.193. The Hall–Kier alpha value is -1.42. The molecule has 0 bridgehead atoms. The Kier molecular flexibility index (Phi) is 5.78. The van der Waals surface area contributed by atoms with E-state index in [9.17, 15) is 0 Å². The molecule has 0 aliphatic carbocycles. The van der Waals surface area contributed by atoms with Crippen LogP contribution in [0.25, 0.3) is 0 Å². The number of aromatic nitrogens is 1. The third kappa shape index (κ3) is 4.45. The summed E-state index contributed by atoms with van der Waals surface area (Å²) in [6.45, 7) is 8.05. The lowest BCUT2D eigenvalue weighted by atomic mass is 10.1. The smallest absolute Gasteiger partial charge is 0.0921 e. The Morgan fingerprint density at radius 2 is 2.17 bits per heavy atom. The van der Waals surface area contributed by atoms with Gasteiger partial charge in [-0.1, -0.05) is 19.9 Å². The Bertz CT molecular complexity index is 389. The van der Waals surface area contributed by atoms with Crippen LogP contribution in [0.2, 0.25) is 0 Å². The molecule has 1 aromatic rings. The SMILES string of the molecule is CCC(CC(=N)N)N(CC)Cc1cccc(C)n1. The fraction of sp³-hybridized carbons (Fsp3) is 0.571. The maximum Gasteiger partial charge on any atom is 0.0921 e. The van der Waals surface area contributed by atoms with E-state index in [-0.39, 0.29) is 5.84 Å². The molecule has 0 aromatic carbocycles. The van der Waals surface area contributed by atoms with Gasteiger partial charge in [0.25, 0.3) is 0 Å². The van der Waals surface area contributed by atoms with Crippen LogP contribution in [0.5, 0.6) is 0 Å². The third-order valence-corrected chi connectivity index (χ3v) is 3.16. The Morgan fingerprint density at radius 3 is 2.67 bits per heavy atom. The summed E-state index contributed by atoms with van der Waals surface area (Å²) in [6.07, 6.45) is 1.63. The normalized spacial score (nSPS) is 12.7. The molecule has 0 spiro atoms. The molecule has 4 heteroatoms. The van der Waals surface area contributed by atoms with Gasteiger partial charge < -0.3 is 5.73 Å². The van der Waals surface area contributed by atoms with Crippen LogP contribution in [0.1, 0.15) is 38.1 Å². The average Bonchev–Trinajstić information content (AvgIpc) is 2.33. The summed E-state index contributed by atoms with van der Waals surface area (Å²) in [4.78, 5) is 6.87. The van der Waals surface area contributed by atoms with Crippen molar-refractivity contribution in [2.45, 2.75) is 46.2 Å². The number of rotatable bonds is 7. The highest BCUT2D eigenvalue weighted by Crippen LogP contribution is 2.12. The predicted octanol–water partition coefficient (Wildman–Crippen LogP) is 2.32. The van der Waals surface area contributed by atoms with Crippen molar-refractivity contribution in [2.24, 2.45) is 5.73 Å². The van der Waals surface area contributed by atoms with Gasteiger partial charge in [-0.05, 0) is 32.0 Å². The number of nitrogens with zero attached hydrogens (tertiary/aromatic N) is 2. The second-order valence-electron chi connectivity index (χ2n) is 4.62. The number of hydrogen-bond acceptors (Lipinski definition) is 3. The second kappa shape index (κ2) is 7.11. The lowest BCUT2D eigenvalue weighted by Crippen LogP contribution is -2.37. The molecule has 100 valence electrons. The first kappa shape index (κ1) is 14.6. The highest BCUT2D eigenvalue weighted by Gasteiger charge is 2.16. The first-order chi connectivity index (χ1) is 8.56. The van der Waals surface area contributed by atoms with Crippen molar-refractivity contribution in [3.63, 3.8) is 0 Å². The van der Waals surface area contributed by atoms with Gasteiger partial charge in [-0.3, -0.25) is 15.3 Å². The quantitative estimate of drug-likeness (QED) is 0.575. The van der Waals surface area contributed by atoms with Crippen molar-refractivity contribution < 1.29 is 0 Å². The topological polar surface area (TPSA) is 66.0 Å². The summed E-state index contributed by atoms with van der Waals surface area (Å²) in [7, 11) is 0. The Balaban J connectivity index is 2.73.